The lowest BCUT2D eigenvalue weighted by Gasteiger charge is -2.07. The molecule has 0 saturated carbocycles. The molecule has 0 saturated heterocycles. The Morgan fingerprint density at radius 2 is 1.83 bits per heavy atom. The van der Waals surface area contributed by atoms with Crippen molar-refractivity contribution in [3.63, 3.8) is 0 Å². The third-order valence-electron chi connectivity index (χ3n) is 2.31. The van der Waals surface area contributed by atoms with Gasteiger partial charge in [0, 0.05) is 12.4 Å². The van der Waals surface area contributed by atoms with Gasteiger partial charge in [-0.2, -0.15) is 0 Å². The number of carbonyl (C=O) groups excluding carboxylic acids is 1. The lowest BCUT2D eigenvalue weighted by atomic mass is 10.1. The van der Waals surface area contributed by atoms with Gasteiger partial charge in [-0.3, -0.25) is 4.98 Å². The van der Waals surface area contributed by atoms with Crippen molar-refractivity contribution in [3.05, 3.63) is 52.9 Å². The molecule has 18 heavy (non-hydrogen) atoms. The van der Waals surface area contributed by atoms with E-state index >= 15 is 0 Å². The summed E-state index contributed by atoms with van der Waals surface area (Å²) in [5, 5.41) is 0. The average molecular weight is 245 g/mol. The number of allylic oxidation sites excluding steroid dienone is 2. The Hall–Kier alpha value is -1.90. The summed E-state index contributed by atoms with van der Waals surface area (Å²) >= 11 is 0. The summed E-state index contributed by atoms with van der Waals surface area (Å²) < 4.78 is 5.28. The summed E-state index contributed by atoms with van der Waals surface area (Å²) in [7, 11) is 0. The molecule has 0 aliphatic carbocycles. The molecular weight excluding hydrogens is 226 g/mol. The molecule has 0 bridgehead atoms. The van der Waals surface area contributed by atoms with Gasteiger partial charge in [0.25, 0.3) is 0 Å². The fourth-order valence-corrected chi connectivity index (χ4v) is 1.40. The average Bonchev–Trinajstić information content (AvgIpc) is 2.34. The van der Waals surface area contributed by atoms with Gasteiger partial charge < -0.3 is 4.74 Å². The van der Waals surface area contributed by atoms with E-state index in [0.29, 0.717) is 5.57 Å². The van der Waals surface area contributed by atoms with Crippen LogP contribution in [0.15, 0.2) is 47.3 Å². The van der Waals surface area contributed by atoms with Crippen LogP contribution in [0, 0.1) is 0 Å². The molecule has 1 heterocycles. The Morgan fingerprint density at radius 1 is 1.22 bits per heavy atom. The highest BCUT2D eigenvalue weighted by Gasteiger charge is 2.10. The highest BCUT2D eigenvalue weighted by Crippen LogP contribution is 2.12. The smallest absolute Gasteiger partial charge is 0.338 e. The first-order valence-corrected chi connectivity index (χ1v) is 5.89. The van der Waals surface area contributed by atoms with Gasteiger partial charge in [-0.25, -0.2) is 4.79 Å². The molecule has 0 unspecified atom stereocenters. The normalized spacial score (nSPS) is 9.56. The molecule has 1 aromatic heterocycles. The summed E-state index contributed by atoms with van der Waals surface area (Å²) in [6, 6.07) is 3.66. The Labute approximate surface area is 108 Å². The second kappa shape index (κ2) is 6.74. The van der Waals surface area contributed by atoms with E-state index in [4.69, 9.17) is 4.74 Å². The van der Waals surface area contributed by atoms with Crippen molar-refractivity contribution in [1.82, 2.24) is 4.98 Å². The Morgan fingerprint density at radius 3 is 2.33 bits per heavy atom. The number of rotatable bonds is 4. The van der Waals surface area contributed by atoms with Crippen LogP contribution in [0.25, 0.3) is 0 Å². The van der Waals surface area contributed by atoms with Gasteiger partial charge >= 0.3 is 5.97 Å². The van der Waals surface area contributed by atoms with Gasteiger partial charge in [-0.15, -0.1) is 0 Å². The summed E-state index contributed by atoms with van der Waals surface area (Å²) in [5.74, 6) is -0.284. The molecule has 0 aliphatic heterocycles. The Bertz CT molecular complexity index is 465. The minimum absolute atomic E-state index is 0.273. The zero-order valence-corrected chi connectivity index (χ0v) is 11.4. The van der Waals surface area contributed by atoms with Gasteiger partial charge in [0.15, 0.2) is 0 Å². The van der Waals surface area contributed by atoms with Crippen LogP contribution in [0.1, 0.15) is 33.3 Å². The molecule has 3 nitrogen and oxygen atoms in total. The third kappa shape index (κ3) is 4.53. The SMILES string of the molecule is CC(C)=CC(C(=O)OCc1ccncc1)=C(C)C. The number of esters is 1. The number of carbonyl (C=O) groups is 1. The van der Waals surface area contributed by atoms with Crippen LogP contribution in [-0.2, 0) is 16.1 Å². The minimum atomic E-state index is -0.284. The lowest BCUT2D eigenvalue weighted by molar-refractivity contribution is -0.139. The van der Waals surface area contributed by atoms with Crippen LogP contribution in [0.3, 0.4) is 0 Å². The third-order valence-corrected chi connectivity index (χ3v) is 2.31. The second-order valence-electron chi connectivity index (χ2n) is 4.57. The summed E-state index contributed by atoms with van der Waals surface area (Å²) in [6.07, 6.45) is 5.21. The molecule has 0 aromatic carbocycles. The predicted molar refractivity (Wildman–Crippen MR) is 71.8 cm³/mol. The minimum Gasteiger partial charge on any atom is -0.457 e. The molecule has 0 aliphatic rings. The number of pyridine rings is 1. The monoisotopic (exact) mass is 245 g/mol. The van der Waals surface area contributed by atoms with Gasteiger partial charge in [0.05, 0.1) is 5.57 Å². The number of aromatic nitrogens is 1. The van der Waals surface area contributed by atoms with Gasteiger partial charge in [0.2, 0.25) is 0 Å². The fourth-order valence-electron chi connectivity index (χ4n) is 1.40. The first kappa shape index (κ1) is 14.2. The van der Waals surface area contributed by atoms with Crippen molar-refractivity contribution in [2.45, 2.75) is 34.3 Å². The lowest BCUT2D eigenvalue weighted by Crippen LogP contribution is -2.08. The molecular formula is C15H19NO2. The standard InChI is InChI=1S/C15H19NO2/c1-11(2)9-14(12(3)4)15(17)18-10-13-5-7-16-8-6-13/h5-9H,10H2,1-4H3. The van der Waals surface area contributed by atoms with Crippen molar-refractivity contribution < 1.29 is 9.53 Å². The highest BCUT2D eigenvalue weighted by molar-refractivity contribution is 5.92. The zero-order valence-electron chi connectivity index (χ0n) is 11.4. The zero-order chi connectivity index (χ0) is 13.5. The van der Waals surface area contributed by atoms with Crippen LogP contribution in [-0.4, -0.2) is 11.0 Å². The van der Waals surface area contributed by atoms with E-state index in [1.165, 1.54) is 0 Å². The molecule has 0 N–H and O–H groups in total. The van der Waals surface area contributed by atoms with E-state index in [1.54, 1.807) is 12.4 Å². The van der Waals surface area contributed by atoms with E-state index < -0.39 is 0 Å². The summed E-state index contributed by atoms with van der Waals surface area (Å²) in [5.41, 5.74) is 3.59. The maximum atomic E-state index is 12.0. The summed E-state index contributed by atoms with van der Waals surface area (Å²) in [6.45, 7) is 8.00. The van der Waals surface area contributed by atoms with Crippen molar-refractivity contribution >= 4 is 5.97 Å². The Kier molecular flexibility index (Phi) is 5.31. The molecule has 1 aromatic rings. The maximum absolute atomic E-state index is 12.0. The molecule has 96 valence electrons. The van der Waals surface area contributed by atoms with Crippen molar-refractivity contribution in [2.75, 3.05) is 0 Å². The maximum Gasteiger partial charge on any atom is 0.338 e. The summed E-state index contributed by atoms with van der Waals surface area (Å²) in [4.78, 5) is 15.9. The first-order valence-electron chi connectivity index (χ1n) is 5.89. The van der Waals surface area contributed by atoms with E-state index in [-0.39, 0.29) is 12.6 Å². The van der Waals surface area contributed by atoms with E-state index in [1.807, 2.05) is 45.9 Å². The van der Waals surface area contributed by atoms with E-state index in [0.717, 1.165) is 16.7 Å². The molecule has 0 radical (unpaired) electrons. The number of ether oxygens (including phenoxy) is 1. The van der Waals surface area contributed by atoms with Gasteiger partial charge in [0.1, 0.15) is 6.61 Å². The number of nitrogens with zero attached hydrogens (tertiary/aromatic N) is 1. The second-order valence-corrected chi connectivity index (χ2v) is 4.57. The Balaban J connectivity index is 2.70. The fraction of sp³-hybridized carbons (Fsp3) is 0.333. The first-order chi connectivity index (χ1) is 8.50. The van der Waals surface area contributed by atoms with E-state index in [9.17, 15) is 4.79 Å². The number of hydrogen-bond donors (Lipinski definition) is 0. The van der Waals surface area contributed by atoms with Crippen LogP contribution in [0.5, 0.6) is 0 Å². The largest absolute Gasteiger partial charge is 0.457 e. The molecule has 1 rings (SSSR count). The van der Waals surface area contributed by atoms with Crippen LogP contribution in [0.4, 0.5) is 0 Å². The topological polar surface area (TPSA) is 39.2 Å². The molecule has 0 amide bonds. The molecule has 0 atom stereocenters. The molecule has 3 heteroatoms. The van der Waals surface area contributed by atoms with Crippen LogP contribution in [0.2, 0.25) is 0 Å². The highest BCUT2D eigenvalue weighted by atomic mass is 16.5. The van der Waals surface area contributed by atoms with Gasteiger partial charge in [-0.05, 0) is 51.5 Å². The molecule has 0 fully saturated rings. The van der Waals surface area contributed by atoms with Crippen LogP contribution < -0.4 is 0 Å². The van der Waals surface area contributed by atoms with Crippen molar-refractivity contribution in [2.24, 2.45) is 0 Å². The van der Waals surface area contributed by atoms with Crippen molar-refractivity contribution in [1.29, 1.82) is 0 Å². The van der Waals surface area contributed by atoms with E-state index in [2.05, 4.69) is 4.98 Å². The molecule has 0 spiro atoms. The number of hydrogen-bond acceptors (Lipinski definition) is 3. The predicted octanol–water partition coefficient (Wildman–Crippen LogP) is 3.43. The van der Waals surface area contributed by atoms with Crippen LogP contribution >= 0.6 is 0 Å². The van der Waals surface area contributed by atoms with Gasteiger partial charge in [-0.1, -0.05) is 11.1 Å². The quantitative estimate of drug-likeness (QED) is 0.463. The van der Waals surface area contributed by atoms with Crippen molar-refractivity contribution in [3.8, 4) is 0 Å².